The van der Waals surface area contributed by atoms with Crippen molar-refractivity contribution in [1.29, 1.82) is 0 Å². The van der Waals surface area contributed by atoms with Crippen molar-refractivity contribution in [3.05, 3.63) is 65.7 Å². The maximum Gasteiger partial charge on any atom is 0.413 e. The summed E-state index contributed by atoms with van der Waals surface area (Å²) in [4.78, 5) is 26.5. The summed E-state index contributed by atoms with van der Waals surface area (Å²) in [7, 11) is 4.84. The van der Waals surface area contributed by atoms with Crippen molar-refractivity contribution < 1.29 is 28.9 Å². The predicted octanol–water partition coefficient (Wildman–Crippen LogP) is 6.87. The number of hydrogen-bond donors (Lipinski definition) is 2. The van der Waals surface area contributed by atoms with E-state index in [9.17, 15) is 14.7 Å². The topological polar surface area (TPSA) is 125 Å². The van der Waals surface area contributed by atoms with Crippen LogP contribution in [0.1, 0.15) is 37.0 Å². The number of rotatable bonds is 9. The largest absolute Gasteiger partial charge is 0.496 e. The number of hydrogen-bond acceptors (Lipinski definition) is 9. The number of nitrogens with one attached hydrogen (secondary N) is 1. The molecule has 3 heterocycles. The average Bonchev–Trinajstić information content (AvgIpc) is 3.40. The quantitative estimate of drug-likeness (QED) is 0.187. The summed E-state index contributed by atoms with van der Waals surface area (Å²) in [6, 6.07) is 17.2. The maximum absolute atomic E-state index is 12.7. The summed E-state index contributed by atoms with van der Waals surface area (Å²) in [5.74, 6) is 0.712. The van der Waals surface area contributed by atoms with Gasteiger partial charge in [-0.1, -0.05) is 35.5 Å². The molecule has 2 aromatic carbocycles. The molecule has 1 amide bonds. The molecular formula is C30H28N4O6S2. The second kappa shape index (κ2) is 10.8. The van der Waals surface area contributed by atoms with Crippen LogP contribution in [0, 0.1) is 0 Å². The van der Waals surface area contributed by atoms with E-state index in [-0.39, 0.29) is 0 Å². The first-order valence-corrected chi connectivity index (χ1v) is 14.8. The zero-order valence-electron chi connectivity index (χ0n) is 23.3. The predicted molar refractivity (Wildman–Crippen MR) is 162 cm³/mol. The van der Waals surface area contributed by atoms with E-state index in [2.05, 4.69) is 21.7 Å². The molecule has 3 aromatic heterocycles. The molecule has 0 saturated heterocycles. The molecular weight excluding hydrogens is 576 g/mol. The highest BCUT2D eigenvalue weighted by Crippen LogP contribution is 2.54. The van der Waals surface area contributed by atoms with Crippen LogP contribution >= 0.6 is 22.7 Å². The first-order valence-electron chi connectivity index (χ1n) is 13.2. The SMILES string of the molecule is COc1cc(C2(C(=O)O)CC2)c(OC)cc1-c1cc2sc(-c3nnn(C)c3NC(=O)O[C@H](C)c3ccccc3)cc2s1. The van der Waals surface area contributed by atoms with E-state index >= 15 is 0 Å². The Kier molecular flexibility index (Phi) is 7.11. The third-order valence-electron chi connectivity index (χ3n) is 7.50. The second-order valence-electron chi connectivity index (χ2n) is 10.1. The summed E-state index contributed by atoms with van der Waals surface area (Å²) in [6.45, 7) is 1.82. The van der Waals surface area contributed by atoms with Crippen LogP contribution in [0.2, 0.25) is 0 Å². The lowest BCUT2D eigenvalue weighted by Crippen LogP contribution is -2.20. The third-order valence-corrected chi connectivity index (χ3v) is 9.84. The number of carbonyl (C=O) groups is 2. The van der Waals surface area contributed by atoms with Gasteiger partial charge in [0.1, 0.15) is 23.3 Å². The number of thiophene rings is 2. The van der Waals surface area contributed by atoms with Gasteiger partial charge in [-0.3, -0.25) is 10.1 Å². The summed E-state index contributed by atoms with van der Waals surface area (Å²) in [5, 5.41) is 21.1. The number of nitrogens with zero attached hydrogens (tertiary/aromatic N) is 3. The van der Waals surface area contributed by atoms with Crippen LogP contribution in [0.25, 0.3) is 30.4 Å². The number of ether oxygens (including phenoxy) is 3. The number of carbonyl (C=O) groups excluding carboxylic acids is 1. The summed E-state index contributed by atoms with van der Waals surface area (Å²) >= 11 is 3.10. The van der Waals surface area contributed by atoms with Gasteiger partial charge in [0.2, 0.25) is 0 Å². The number of aromatic nitrogens is 3. The minimum atomic E-state index is -0.920. The fourth-order valence-electron chi connectivity index (χ4n) is 5.01. The molecule has 10 nitrogen and oxygen atoms in total. The zero-order chi connectivity index (χ0) is 29.6. The van der Waals surface area contributed by atoms with Crippen molar-refractivity contribution >= 4 is 50.0 Å². The molecule has 0 radical (unpaired) electrons. The minimum Gasteiger partial charge on any atom is -0.496 e. The maximum atomic E-state index is 12.7. The van der Waals surface area contributed by atoms with Gasteiger partial charge in [0, 0.05) is 32.5 Å². The van der Waals surface area contributed by atoms with Crippen LogP contribution in [-0.2, 0) is 22.0 Å². The lowest BCUT2D eigenvalue weighted by molar-refractivity contribution is -0.140. The van der Waals surface area contributed by atoms with Crippen LogP contribution in [0.4, 0.5) is 10.6 Å². The van der Waals surface area contributed by atoms with Crippen LogP contribution in [0.3, 0.4) is 0 Å². The van der Waals surface area contributed by atoms with Gasteiger partial charge in [-0.15, -0.1) is 27.8 Å². The Morgan fingerprint density at radius 2 is 1.67 bits per heavy atom. The highest BCUT2D eigenvalue weighted by Gasteiger charge is 2.53. The van der Waals surface area contributed by atoms with E-state index in [4.69, 9.17) is 14.2 Å². The van der Waals surface area contributed by atoms with E-state index in [1.165, 1.54) is 16.0 Å². The highest BCUT2D eigenvalue weighted by molar-refractivity contribution is 7.31. The van der Waals surface area contributed by atoms with Crippen molar-refractivity contribution in [2.24, 2.45) is 7.05 Å². The molecule has 1 fully saturated rings. The molecule has 6 rings (SSSR count). The summed E-state index contributed by atoms with van der Waals surface area (Å²) in [6.07, 6.45) is 0.118. The Labute approximate surface area is 249 Å². The van der Waals surface area contributed by atoms with Crippen molar-refractivity contribution in [1.82, 2.24) is 15.0 Å². The molecule has 1 aliphatic rings. The van der Waals surface area contributed by atoms with Crippen molar-refractivity contribution in [3.8, 4) is 32.5 Å². The normalized spacial score (nSPS) is 14.4. The summed E-state index contributed by atoms with van der Waals surface area (Å²) < 4.78 is 20.5. The molecule has 1 atom stereocenters. The first-order chi connectivity index (χ1) is 20.2. The van der Waals surface area contributed by atoms with Crippen LogP contribution in [0.5, 0.6) is 11.5 Å². The standard InChI is InChI=1S/C30H28N4O6S2/c1-16(17-8-6-5-7-9-17)40-29(37)31-27-26(32-33-34(27)2)25-15-24-23(42-25)14-22(41-24)18-12-21(39-4)19(13-20(18)38-3)30(10-11-30)28(35)36/h5-9,12-16H,10-11H2,1-4H3,(H,31,37)(H,35,36)/t16-/m1/s1. The van der Waals surface area contributed by atoms with E-state index in [0.717, 1.165) is 30.3 Å². The molecule has 42 heavy (non-hydrogen) atoms. The van der Waals surface area contributed by atoms with Crippen LogP contribution in [-0.4, -0.2) is 46.4 Å². The Morgan fingerprint density at radius 3 is 2.31 bits per heavy atom. The Bertz CT molecular complexity index is 1770. The van der Waals surface area contributed by atoms with Crippen LogP contribution < -0.4 is 14.8 Å². The number of anilines is 1. The Morgan fingerprint density at radius 1 is 1.00 bits per heavy atom. The molecule has 12 heteroatoms. The molecule has 2 N–H and O–H groups in total. The van der Waals surface area contributed by atoms with Gasteiger partial charge in [-0.05, 0) is 49.6 Å². The first kappa shape index (κ1) is 27.7. The van der Waals surface area contributed by atoms with Gasteiger partial charge in [0.15, 0.2) is 5.82 Å². The molecule has 216 valence electrons. The van der Waals surface area contributed by atoms with E-state index < -0.39 is 23.6 Å². The van der Waals surface area contributed by atoms with E-state index in [1.807, 2.05) is 49.4 Å². The highest BCUT2D eigenvalue weighted by atomic mass is 32.1. The minimum absolute atomic E-state index is 0.426. The molecule has 1 aliphatic carbocycles. The summed E-state index contributed by atoms with van der Waals surface area (Å²) in [5.41, 5.74) is 1.98. The zero-order valence-corrected chi connectivity index (χ0v) is 25.0. The third kappa shape index (κ3) is 4.86. The van der Waals surface area contributed by atoms with Gasteiger partial charge in [0.25, 0.3) is 0 Å². The van der Waals surface area contributed by atoms with Gasteiger partial charge in [-0.2, -0.15) is 0 Å². The van der Waals surface area contributed by atoms with Crippen molar-refractivity contribution in [2.45, 2.75) is 31.3 Å². The Hall–Kier alpha value is -4.42. The lowest BCUT2D eigenvalue weighted by Gasteiger charge is -2.18. The number of aliphatic carboxylic acids is 1. The smallest absolute Gasteiger partial charge is 0.413 e. The molecule has 5 aromatic rings. The second-order valence-corrected chi connectivity index (χ2v) is 12.3. The fraction of sp³-hybridized carbons (Fsp3) is 0.267. The van der Waals surface area contributed by atoms with Crippen molar-refractivity contribution in [2.75, 3.05) is 19.5 Å². The number of methoxy groups -OCH3 is 2. The Balaban J connectivity index is 1.27. The number of benzene rings is 2. The average molecular weight is 605 g/mol. The molecule has 0 unspecified atom stereocenters. The fourth-order valence-corrected chi connectivity index (χ4v) is 7.42. The number of carboxylic acids is 1. The number of carboxylic acid groups (broad SMARTS) is 1. The van der Waals surface area contributed by atoms with E-state index in [1.54, 1.807) is 38.7 Å². The van der Waals surface area contributed by atoms with Gasteiger partial charge in [0.05, 0.1) is 24.5 Å². The monoisotopic (exact) mass is 604 g/mol. The number of amides is 1. The molecule has 0 bridgehead atoms. The molecule has 0 aliphatic heterocycles. The van der Waals surface area contributed by atoms with Gasteiger partial charge >= 0.3 is 12.1 Å². The molecule has 0 spiro atoms. The van der Waals surface area contributed by atoms with Crippen molar-refractivity contribution in [3.63, 3.8) is 0 Å². The van der Waals surface area contributed by atoms with Gasteiger partial charge < -0.3 is 19.3 Å². The number of fused-ring (bicyclic) bond motifs is 1. The van der Waals surface area contributed by atoms with Crippen LogP contribution in [0.15, 0.2) is 54.6 Å². The molecule has 1 saturated carbocycles. The lowest BCUT2D eigenvalue weighted by atomic mass is 9.93. The van der Waals surface area contributed by atoms with Gasteiger partial charge in [-0.25, -0.2) is 9.48 Å². The number of aryl methyl sites for hydroxylation is 1. The van der Waals surface area contributed by atoms with E-state index in [0.29, 0.717) is 41.4 Å².